The fourth-order valence-corrected chi connectivity index (χ4v) is 0.310. The first-order valence-electron chi connectivity index (χ1n) is 2.41. The van der Waals surface area contributed by atoms with Crippen LogP contribution in [0.5, 0.6) is 0 Å². The molecule has 0 aliphatic carbocycles. The van der Waals surface area contributed by atoms with Crippen LogP contribution >= 0.6 is 0 Å². The van der Waals surface area contributed by atoms with Crippen molar-refractivity contribution in [3.63, 3.8) is 0 Å². The van der Waals surface area contributed by atoms with Crippen LogP contribution in [0.25, 0.3) is 0 Å². The minimum atomic E-state index is 0.699. The molecule has 3 N–H and O–H groups in total. The highest BCUT2D eigenvalue weighted by Crippen LogP contribution is 1.84. The Balaban J connectivity index is 2.69. The summed E-state index contributed by atoms with van der Waals surface area (Å²) in [5.74, 6) is 0. The van der Waals surface area contributed by atoms with Crippen LogP contribution in [0.4, 0.5) is 0 Å². The van der Waals surface area contributed by atoms with Gasteiger partial charge in [0.25, 0.3) is 0 Å². The maximum absolute atomic E-state index is 8.07. The smallest absolute Gasteiger partial charge is 0.0751 e. The lowest BCUT2D eigenvalue weighted by Gasteiger charge is -1.83. The van der Waals surface area contributed by atoms with Gasteiger partial charge in [-0.2, -0.15) is 0 Å². The van der Waals surface area contributed by atoms with Crippen LogP contribution in [0.2, 0.25) is 0 Å². The highest BCUT2D eigenvalue weighted by atomic mass is 16.2. The predicted octanol–water partition coefficient (Wildman–Crippen LogP) is 0.797. The molecule has 0 heterocycles. The van der Waals surface area contributed by atoms with Crippen molar-refractivity contribution in [3.05, 3.63) is 12.3 Å². The van der Waals surface area contributed by atoms with E-state index in [-0.39, 0.29) is 0 Å². The molecule has 0 aromatic rings. The van der Waals surface area contributed by atoms with E-state index in [0.29, 0.717) is 6.54 Å². The van der Waals surface area contributed by atoms with E-state index in [1.807, 2.05) is 0 Å². The lowest BCUT2D eigenvalue weighted by molar-refractivity contribution is 0.470. The van der Waals surface area contributed by atoms with Gasteiger partial charge in [-0.3, -0.25) is 0 Å². The van der Waals surface area contributed by atoms with Gasteiger partial charge < -0.3 is 10.8 Å². The van der Waals surface area contributed by atoms with E-state index in [2.05, 4.69) is 0 Å². The van der Waals surface area contributed by atoms with Crippen molar-refractivity contribution in [1.82, 2.24) is 0 Å². The van der Waals surface area contributed by atoms with Crippen molar-refractivity contribution in [3.8, 4) is 0 Å². The van der Waals surface area contributed by atoms with Crippen LogP contribution in [-0.2, 0) is 0 Å². The summed E-state index contributed by atoms with van der Waals surface area (Å²) in [5.41, 5.74) is 5.15. The molecule has 2 nitrogen and oxygen atoms in total. The number of hydrogen-bond donors (Lipinski definition) is 2. The van der Waals surface area contributed by atoms with Crippen molar-refractivity contribution in [2.45, 2.75) is 12.8 Å². The Kier molecular flexibility index (Phi) is 5.11. The van der Waals surface area contributed by atoms with E-state index >= 15 is 0 Å². The number of aliphatic hydroxyl groups is 1. The Morgan fingerprint density at radius 2 is 2.29 bits per heavy atom. The summed E-state index contributed by atoms with van der Waals surface area (Å²) in [6.45, 7) is 0.699. The van der Waals surface area contributed by atoms with Crippen LogP contribution in [0.3, 0.4) is 0 Å². The van der Waals surface area contributed by atoms with E-state index in [9.17, 15) is 0 Å². The predicted molar refractivity (Wildman–Crippen MR) is 30.1 cm³/mol. The van der Waals surface area contributed by atoms with Crippen LogP contribution in [0.1, 0.15) is 12.8 Å². The third-order valence-corrected chi connectivity index (χ3v) is 0.680. The van der Waals surface area contributed by atoms with Gasteiger partial charge in [-0.05, 0) is 19.4 Å². The number of nitrogens with two attached hydrogens (primary N) is 1. The van der Waals surface area contributed by atoms with Crippen molar-refractivity contribution in [2.24, 2.45) is 5.73 Å². The number of allylic oxidation sites excluding steroid dienone is 1. The normalized spacial score (nSPS) is 10.4. The van der Waals surface area contributed by atoms with Crippen LogP contribution in [0.15, 0.2) is 12.3 Å². The first kappa shape index (κ1) is 6.50. The molecule has 0 radical (unpaired) electrons. The van der Waals surface area contributed by atoms with Crippen molar-refractivity contribution in [2.75, 3.05) is 6.54 Å². The summed E-state index contributed by atoms with van der Waals surface area (Å²) in [5, 5.41) is 8.07. The third kappa shape index (κ3) is 5.50. The molecule has 0 saturated carbocycles. The van der Waals surface area contributed by atoms with E-state index in [4.69, 9.17) is 10.8 Å². The topological polar surface area (TPSA) is 46.2 Å². The molecule has 0 aromatic carbocycles. The van der Waals surface area contributed by atoms with Gasteiger partial charge in [0.05, 0.1) is 6.26 Å². The summed E-state index contributed by atoms with van der Waals surface area (Å²) in [7, 11) is 0. The minimum absolute atomic E-state index is 0.699. The van der Waals surface area contributed by atoms with Gasteiger partial charge in [0.1, 0.15) is 0 Å². The summed E-state index contributed by atoms with van der Waals surface area (Å²) >= 11 is 0. The first-order chi connectivity index (χ1) is 3.41. The van der Waals surface area contributed by atoms with E-state index in [1.54, 1.807) is 6.08 Å². The molecule has 0 aliphatic heterocycles. The Bertz CT molecular complexity index is 52.0. The van der Waals surface area contributed by atoms with Gasteiger partial charge >= 0.3 is 0 Å². The fourth-order valence-electron chi connectivity index (χ4n) is 0.310. The van der Waals surface area contributed by atoms with E-state index in [0.717, 1.165) is 19.1 Å². The SMILES string of the molecule is NCCCC=CO. The number of unbranched alkanes of at least 4 members (excludes halogenated alkanes) is 1. The summed E-state index contributed by atoms with van der Waals surface area (Å²) in [6, 6.07) is 0. The molecule has 0 atom stereocenters. The number of hydrogen-bond acceptors (Lipinski definition) is 2. The second kappa shape index (κ2) is 5.50. The monoisotopic (exact) mass is 101 g/mol. The summed E-state index contributed by atoms with van der Waals surface area (Å²) in [6.07, 6.45) is 4.58. The zero-order chi connectivity index (χ0) is 5.54. The van der Waals surface area contributed by atoms with Crippen molar-refractivity contribution in [1.29, 1.82) is 0 Å². The number of aliphatic hydroxyl groups excluding tert-OH is 1. The fraction of sp³-hybridized carbons (Fsp3) is 0.600. The Labute approximate surface area is 43.6 Å². The van der Waals surface area contributed by atoms with Gasteiger partial charge in [-0.15, -0.1) is 0 Å². The van der Waals surface area contributed by atoms with Crippen molar-refractivity contribution >= 4 is 0 Å². The summed E-state index contributed by atoms with van der Waals surface area (Å²) < 4.78 is 0. The number of rotatable bonds is 3. The molecular weight excluding hydrogens is 90.1 g/mol. The standard InChI is InChI=1S/C5H11NO/c6-4-2-1-3-5-7/h3,5,7H,1-2,4,6H2. The van der Waals surface area contributed by atoms with Gasteiger partial charge in [-0.1, -0.05) is 6.08 Å². The highest BCUT2D eigenvalue weighted by Gasteiger charge is 1.73. The molecule has 7 heavy (non-hydrogen) atoms. The summed E-state index contributed by atoms with van der Waals surface area (Å²) in [4.78, 5) is 0. The quantitative estimate of drug-likeness (QED) is 0.408. The second-order valence-corrected chi connectivity index (χ2v) is 1.32. The van der Waals surface area contributed by atoms with Crippen molar-refractivity contribution < 1.29 is 5.11 Å². The third-order valence-electron chi connectivity index (χ3n) is 0.680. The first-order valence-corrected chi connectivity index (χ1v) is 2.41. The van der Waals surface area contributed by atoms with Gasteiger partial charge in [0, 0.05) is 0 Å². The molecule has 0 unspecified atom stereocenters. The molecule has 0 aromatic heterocycles. The van der Waals surface area contributed by atoms with Crippen LogP contribution in [-0.4, -0.2) is 11.7 Å². The zero-order valence-electron chi connectivity index (χ0n) is 4.30. The molecule has 0 bridgehead atoms. The highest BCUT2D eigenvalue weighted by molar-refractivity contribution is 4.70. The lowest BCUT2D eigenvalue weighted by Crippen LogP contribution is -1.96. The Morgan fingerprint density at radius 3 is 2.71 bits per heavy atom. The second-order valence-electron chi connectivity index (χ2n) is 1.32. The molecule has 0 aliphatic rings. The largest absolute Gasteiger partial charge is 0.516 e. The van der Waals surface area contributed by atoms with E-state index < -0.39 is 0 Å². The Morgan fingerprint density at radius 1 is 1.57 bits per heavy atom. The average molecular weight is 101 g/mol. The molecule has 0 spiro atoms. The molecule has 42 valence electrons. The minimum Gasteiger partial charge on any atom is -0.516 e. The molecule has 0 saturated heterocycles. The van der Waals surface area contributed by atoms with Gasteiger partial charge in [-0.25, -0.2) is 0 Å². The van der Waals surface area contributed by atoms with Gasteiger partial charge in [0.2, 0.25) is 0 Å². The average Bonchev–Trinajstić information content (AvgIpc) is 1.69. The molecule has 0 rings (SSSR count). The van der Waals surface area contributed by atoms with Gasteiger partial charge in [0.15, 0.2) is 0 Å². The van der Waals surface area contributed by atoms with E-state index in [1.165, 1.54) is 0 Å². The van der Waals surface area contributed by atoms with Crippen LogP contribution in [0, 0.1) is 0 Å². The molecule has 0 amide bonds. The Hall–Kier alpha value is -0.500. The maximum atomic E-state index is 8.07. The van der Waals surface area contributed by atoms with Crippen LogP contribution < -0.4 is 5.73 Å². The molecule has 2 heteroatoms. The molecular formula is C5H11NO. The molecule has 0 fully saturated rings. The maximum Gasteiger partial charge on any atom is 0.0751 e. The zero-order valence-corrected chi connectivity index (χ0v) is 4.30. The lowest BCUT2D eigenvalue weighted by atomic mass is 10.3.